The normalized spacial score (nSPS) is 14.7. The lowest BCUT2D eigenvalue weighted by Crippen LogP contribution is -2.31. The van der Waals surface area contributed by atoms with Crippen LogP contribution in [0.1, 0.15) is 31.9 Å². The summed E-state index contributed by atoms with van der Waals surface area (Å²) in [6, 6.07) is 5.65. The van der Waals surface area contributed by atoms with Gasteiger partial charge in [0.25, 0.3) is 0 Å². The molecule has 1 aromatic rings. The summed E-state index contributed by atoms with van der Waals surface area (Å²) in [6.45, 7) is 3.51. The molecule has 0 spiro atoms. The number of sulfonamides is 1. The number of amides is 1. The molecule has 0 bridgehead atoms. The highest BCUT2D eigenvalue weighted by molar-refractivity contribution is 7.89. The van der Waals surface area contributed by atoms with E-state index in [1.807, 2.05) is 0 Å². The molecule has 19 heavy (non-hydrogen) atoms. The van der Waals surface area contributed by atoms with Gasteiger partial charge < -0.3 is 11.1 Å². The van der Waals surface area contributed by atoms with E-state index in [-0.39, 0.29) is 29.3 Å². The average molecular weight is 285 g/mol. The first-order chi connectivity index (χ1) is 8.70. The summed E-state index contributed by atoms with van der Waals surface area (Å²) in [5, 5.41) is 7.81. The Morgan fingerprint density at radius 2 is 2.00 bits per heavy atom. The van der Waals surface area contributed by atoms with Crippen LogP contribution in [-0.4, -0.2) is 20.4 Å². The van der Waals surface area contributed by atoms with E-state index in [1.165, 1.54) is 12.1 Å². The second-order valence-corrected chi connectivity index (χ2v) is 6.15. The van der Waals surface area contributed by atoms with E-state index in [2.05, 4.69) is 5.32 Å². The van der Waals surface area contributed by atoms with E-state index < -0.39 is 10.0 Å². The van der Waals surface area contributed by atoms with Gasteiger partial charge in [-0.05, 0) is 31.5 Å². The molecule has 7 heteroatoms. The zero-order valence-corrected chi connectivity index (χ0v) is 11.8. The third-order valence-electron chi connectivity index (χ3n) is 2.57. The number of benzene rings is 1. The van der Waals surface area contributed by atoms with Gasteiger partial charge in [-0.15, -0.1) is 0 Å². The molecule has 1 amide bonds. The van der Waals surface area contributed by atoms with Gasteiger partial charge in [-0.1, -0.05) is 12.1 Å². The van der Waals surface area contributed by atoms with Crippen LogP contribution in [0.2, 0.25) is 0 Å². The van der Waals surface area contributed by atoms with Crippen LogP contribution in [-0.2, 0) is 14.8 Å². The van der Waals surface area contributed by atoms with Crippen molar-refractivity contribution < 1.29 is 13.2 Å². The number of carbonyl (C=O) groups excluding carboxylic acids is 1. The fraction of sp³-hybridized carbons (Fsp3) is 0.417. The molecule has 106 valence electrons. The maximum Gasteiger partial charge on any atom is 0.238 e. The van der Waals surface area contributed by atoms with Crippen LogP contribution in [0.15, 0.2) is 29.2 Å². The van der Waals surface area contributed by atoms with Crippen LogP contribution in [0.25, 0.3) is 0 Å². The minimum Gasteiger partial charge on any atom is -0.350 e. The van der Waals surface area contributed by atoms with E-state index in [0.29, 0.717) is 5.56 Å². The minimum absolute atomic E-state index is 0.0262. The van der Waals surface area contributed by atoms with E-state index in [0.717, 1.165) is 0 Å². The molecule has 1 rings (SSSR count). The fourth-order valence-corrected chi connectivity index (χ4v) is 2.21. The molecular weight excluding hydrogens is 266 g/mol. The summed E-state index contributed by atoms with van der Waals surface area (Å²) in [7, 11) is -3.74. The Morgan fingerprint density at radius 1 is 1.37 bits per heavy atom. The van der Waals surface area contributed by atoms with Crippen molar-refractivity contribution in [3.63, 3.8) is 0 Å². The summed E-state index contributed by atoms with van der Waals surface area (Å²) in [4.78, 5) is 11.6. The van der Waals surface area contributed by atoms with Gasteiger partial charge >= 0.3 is 0 Å². The average Bonchev–Trinajstić information content (AvgIpc) is 2.26. The molecule has 2 unspecified atom stereocenters. The van der Waals surface area contributed by atoms with Crippen molar-refractivity contribution in [3.05, 3.63) is 29.8 Å². The number of carbonyl (C=O) groups is 1. The molecule has 0 fully saturated rings. The predicted molar refractivity (Wildman–Crippen MR) is 72.6 cm³/mol. The van der Waals surface area contributed by atoms with Gasteiger partial charge in [0.15, 0.2) is 0 Å². The van der Waals surface area contributed by atoms with Gasteiger partial charge in [-0.2, -0.15) is 0 Å². The van der Waals surface area contributed by atoms with Crippen LogP contribution in [0, 0.1) is 0 Å². The zero-order valence-electron chi connectivity index (χ0n) is 11.0. The van der Waals surface area contributed by atoms with E-state index >= 15 is 0 Å². The third-order valence-corrected chi connectivity index (χ3v) is 3.48. The Kier molecular flexibility index (Phi) is 5.04. The number of primary sulfonamides is 1. The van der Waals surface area contributed by atoms with Crippen molar-refractivity contribution in [1.29, 1.82) is 0 Å². The van der Waals surface area contributed by atoms with Crippen molar-refractivity contribution in [2.24, 2.45) is 10.9 Å². The highest BCUT2D eigenvalue weighted by Gasteiger charge is 2.14. The Balaban J connectivity index is 2.83. The lowest BCUT2D eigenvalue weighted by Gasteiger charge is -2.16. The SMILES string of the molecule is CC(N)CC(=O)NC(C)c1cccc(S(N)(=O)=O)c1. The molecular formula is C12H19N3O3S. The maximum absolute atomic E-state index is 11.6. The molecule has 0 aliphatic heterocycles. The summed E-state index contributed by atoms with van der Waals surface area (Å²) in [5.74, 6) is -0.177. The second-order valence-electron chi connectivity index (χ2n) is 4.59. The lowest BCUT2D eigenvalue weighted by molar-refractivity contribution is -0.122. The Hall–Kier alpha value is -1.44. The Labute approximate surface area is 113 Å². The van der Waals surface area contributed by atoms with Gasteiger partial charge in [0.2, 0.25) is 15.9 Å². The van der Waals surface area contributed by atoms with Gasteiger partial charge in [-0.3, -0.25) is 4.79 Å². The van der Waals surface area contributed by atoms with Crippen molar-refractivity contribution in [1.82, 2.24) is 5.32 Å². The fourth-order valence-electron chi connectivity index (χ4n) is 1.64. The molecule has 0 saturated heterocycles. The zero-order chi connectivity index (χ0) is 14.6. The molecule has 1 aromatic carbocycles. The number of nitrogens with two attached hydrogens (primary N) is 2. The first-order valence-corrected chi connectivity index (χ1v) is 7.42. The first kappa shape index (κ1) is 15.6. The maximum atomic E-state index is 11.6. The molecule has 0 aliphatic carbocycles. The molecule has 5 N–H and O–H groups in total. The number of hydrogen-bond acceptors (Lipinski definition) is 4. The quantitative estimate of drug-likeness (QED) is 0.719. The van der Waals surface area contributed by atoms with Gasteiger partial charge in [0, 0.05) is 12.5 Å². The molecule has 2 atom stereocenters. The third kappa shape index (κ3) is 4.98. The van der Waals surface area contributed by atoms with Crippen LogP contribution in [0.5, 0.6) is 0 Å². The minimum atomic E-state index is -3.74. The first-order valence-electron chi connectivity index (χ1n) is 5.88. The van der Waals surface area contributed by atoms with Gasteiger partial charge in [-0.25, -0.2) is 13.6 Å². The topological polar surface area (TPSA) is 115 Å². The summed E-state index contributed by atoms with van der Waals surface area (Å²) in [5.41, 5.74) is 6.20. The largest absolute Gasteiger partial charge is 0.350 e. The van der Waals surface area contributed by atoms with Gasteiger partial charge in [0.1, 0.15) is 0 Å². The molecule has 0 aliphatic rings. The number of nitrogens with one attached hydrogen (secondary N) is 1. The van der Waals surface area contributed by atoms with Crippen molar-refractivity contribution in [3.8, 4) is 0 Å². The molecule has 0 heterocycles. The highest BCUT2D eigenvalue weighted by Crippen LogP contribution is 2.16. The Bertz CT molecular complexity index is 555. The molecule has 0 saturated carbocycles. The summed E-state index contributed by atoms with van der Waals surface area (Å²) < 4.78 is 22.5. The van der Waals surface area contributed by atoms with E-state index in [9.17, 15) is 13.2 Å². The summed E-state index contributed by atoms with van der Waals surface area (Å²) in [6.07, 6.45) is 0.221. The Morgan fingerprint density at radius 3 is 2.53 bits per heavy atom. The summed E-state index contributed by atoms with van der Waals surface area (Å²) >= 11 is 0. The molecule has 0 aromatic heterocycles. The van der Waals surface area contributed by atoms with Crippen molar-refractivity contribution in [2.45, 2.75) is 37.2 Å². The van der Waals surface area contributed by atoms with E-state index in [1.54, 1.807) is 26.0 Å². The van der Waals surface area contributed by atoms with Crippen LogP contribution in [0.4, 0.5) is 0 Å². The lowest BCUT2D eigenvalue weighted by atomic mass is 10.1. The highest BCUT2D eigenvalue weighted by atomic mass is 32.2. The molecule has 6 nitrogen and oxygen atoms in total. The van der Waals surface area contributed by atoms with Crippen LogP contribution in [0.3, 0.4) is 0 Å². The van der Waals surface area contributed by atoms with Crippen LogP contribution >= 0.6 is 0 Å². The molecule has 0 radical (unpaired) electrons. The van der Waals surface area contributed by atoms with Gasteiger partial charge in [0.05, 0.1) is 10.9 Å². The number of rotatable bonds is 5. The number of hydrogen-bond donors (Lipinski definition) is 3. The van der Waals surface area contributed by atoms with Crippen molar-refractivity contribution >= 4 is 15.9 Å². The standard InChI is InChI=1S/C12H19N3O3S/c1-8(13)6-12(16)15-9(2)10-4-3-5-11(7-10)19(14,17)18/h3-5,7-9H,6,13H2,1-2H3,(H,15,16)(H2,14,17,18). The monoisotopic (exact) mass is 285 g/mol. The second kappa shape index (κ2) is 6.14. The smallest absolute Gasteiger partial charge is 0.238 e. The van der Waals surface area contributed by atoms with Crippen molar-refractivity contribution in [2.75, 3.05) is 0 Å². The van der Waals surface area contributed by atoms with Crippen LogP contribution < -0.4 is 16.2 Å². The predicted octanol–water partition coefficient (Wildman–Crippen LogP) is 0.249. The van der Waals surface area contributed by atoms with E-state index in [4.69, 9.17) is 10.9 Å².